The van der Waals surface area contributed by atoms with E-state index in [0.717, 1.165) is 18.6 Å². The van der Waals surface area contributed by atoms with Crippen LogP contribution in [0.15, 0.2) is 30.3 Å². The molecule has 1 saturated heterocycles. The molecular weight excluding hydrogens is 256 g/mol. The van der Waals surface area contributed by atoms with Crippen LogP contribution in [0.2, 0.25) is 0 Å². The number of amides is 2. The van der Waals surface area contributed by atoms with Crippen molar-refractivity contribution in [3.63, 3.8) is 0 Å². The van der Waals surface area contributed by atoms with E-state index in [1.54, 1.807) is 0 Å². The molecule has 20 heavy (non-hydrogen) atoms. The van der Waals surface area contributed by atoms with Crippen LogP contribution >= 0.6 is 0 Å². The summed E-state index contributed by atoms with van der Waals surface area (Å²) in [5, 5.41) is 15.1. The van der Waals surface area contributed by atoms with Gasteiger partial charge in [-0.2, -0.15) is 0 Å². The summed E-state index contributed by atoms with van der Waals surface area (Å²) in [5.74, 6) is 0.366. The van der Waals surface area contributed by atoms with Crippen LogP contribution in [0.3, 0.4) is 0 Å². The molecule has 110 valence electrons. The molecule has 3 N–H and O–H groups in total. The second-order valence-electron chi connectivity index (χ2n) is 5.18. The first-order chi connectivity index (χ1) is 9.70. The van der Waals surface area contributed by atoms with Crippen LogP contribution in [0.5, 0.6) is 0 Å². The first-order valence-corrected chi connectivity index (χ1v) is 7.01. The standard InChI is InChI=1S/C15H22N2O3/c1-11(13-7-8-20-10-13)16-15(19)17-14(9-18)12-5-3-2-4-6-12/h2-6,11,13-14,18H,7-10H2,1H3,(H2,16,17,19)/t11-,13-,14+/m0/s1. The molecule has 0 aliphatic carbocycles. The van der Waals surface area contributed by atoms with Gasteiger partial charge in [-0.3, -0.25) is 0 Å². The lowest BCUT2D eigenvalue weighted by Gasteiger charge is -2.22. The van der Waals surface area contributed by atoms with E-state index in [1.165, 1.54) is 0 Å². The molecule has 1 heterocycles. The van der Waals surface area contributed by atoms with Crippen molar-refractivity contribution in [1.82, 2.24) is 10.6 Å². The highest BCUT2D eigenvalue weighted by Gasteiger charge is 2.24. The molecule has 5 nitrogen and oxygen atoms in total. The predicted octanol–water partition coefficient (Wildman–Crippen LogP) is 1.44. The molecule has 2 amide bonds. The number of hydrogen-bond acceptors (Lipinski definition) is 3. The van der Waals surface area contributed by atoms with Crippen LogP contribution in [0, 0.1) is 5.92 Å². The number of aliphatic hydroxyl groups is 1. The third kappa shape index (κ3) is 3.95. The first kappa shape index (κ1) is 14.8. The van der Waals surface area contributed by atoms with Crippen molar-refractivity contribution in [1.29, 1.82) is 0 Å². The molecule has 0 spiro atoms. The van der Waals surface area contributed by atoms with Gasteiger partial charge in [0, 0.05) is 18.6 Å². The van der Waals surface area contributed by atoms with E-state index in [4.69, 9.17) is 4.74 Å². The Kier molecular flexibility index (Phi) is 5.38. The van der Waals surface area contributed by atoms with Gasteiger partial charge in [-0.15, -0.1) is 0 Å². The third-order valence-corrected chi connectivity index (χ3v) is 3.72. The lowest BCUT2D eigenvalue weighted by Crippen LogP contribution is -2.46. The maximum absolute atomic E-state index is 12.0. The molecule has 0 unspecified atom stereocenters. The highest BCUT2D eigenvalue weighted by atomic mass is 16.5. The van der Waals surface area contributed by atoms with Gasteiger partial charge >= 0.3 is 6.03 Å². The number of carbonyl (C=O) groups is 1. The lowest BCUT2D eigenvalue weighted by molar-refractivity contribution is 0.176. The van der Waals surface area contributed by atoms with Gasteiger partial charge in [0.15, 0.2) is 0 Å². The third-order valence-electron chi connectivity index (χ3n) is 3.72. The maximum atomic E-state index is 12.0. The topological polar surface area (TPSA) is 70.6 Å². The number of nitrogens with one attached hydrogen (secondary N) is 2. The fraction of sp³-hybridized carbons (Fsp3) is 0.533. The van der Waals surface area contributed by atoms with E-state index in [0.29, 0.717) is 12.5 Å². The summed E-state index contributed by atoms with van der Waals surface area (Å²) < 4.78 is 5.32. The predicted molar refractivity (Wildman–Crippen MR) is 76.3 cm³/mol. The van der Waals surface area contributed by atoms with E-state index in [1.807, 2.05) is 37.3 Å². The summed E-state index contributed by atoms with van der Waals surface area (Å²) in [6.07, 6.45) is 0.976. The molecule has 0 bridgehead atoms. The van der Waals surface area contributed by atoms with Crippen LogP contribution < -0.4 is 10.6 Å². The van der Waals surface area contributed by atoms with Gasteiger partial charge in [0.2, 0.25) is 0 Å². The summed E-state index contributed by atoms with van der Waals surface area (Å²) in [6, 6.07) is 8.86. The van der Waals surface area contributed by atoms with E-state index < -0.39 is 0 Å². The molecule has 2 rings (SSSR count). The summed E-state index contributed by atoms with van der Waals surface area (Å²) in [4.78, 5) is 12.0. The van der Waals surface area contributed by atoms with E-state index >= 15 is 0 Å². The Bertz CT molecular complexity index is 418. The molecule has 1 aliphatic heterocycles. The Morgan fingerprint density at radius 1 is 1.40 bits per heavy atom. The molecule has 1 aliphatic rings. The van der Waals surface area contributed by atoms with Crippen molar-refractivity contribution in [2.24, 2.45) is 5.92 Å². The van der Waals surface area contributed by atoms with Crippen molar-refractivity contribution >= 4 is 6.03 Å². The fourth-order valence-corrected chi connectivity index (χ4v) is 2.39. The second kappa shape index (κ2) is 7.26. The van der Waals surface area contributed by atoms with Crippen LogP contribution in [-0.2, 0) is 4.74 Å². The summed E-state index contributed by atoms with van der Waals surface area (Å²) in [6.45, 7) is 3.32. The second-order valence-corrected chi connectivity index (χ2v) is 5.18. The number of carbonyl (C=O) groups excluding carboxylic acids is 1. The highest BCUT2D eigenvalue weighted by molar-refractivity contribution is 5.74. The van der Waals surface area contributed by atoms with Crippen molar-refractivity contribution in [3.8, 4) is 0 Å². The minimum absolute atomic E-state index is 0.0626. The van der Waals surface area contributed by atoms with Gasteiger partial charge in [-0.1, -0.05) is 30.3 Å². The van der Waals surface area contributed by atoms with Crippen molar-refractivity contribution in [2.75, 3.05) is 19.8 Å². The minimum Gasteiger partial charge on any atom is -0.394 e. The SMILES string of the molecule is C[C@H](NC(=O)N[C@H](CO)c1ccccc1)[C@H]1CCOC1. The molecule has 5 heteroatoms. The lowest BCUT2D eigenvalue weighted by atomic mass is 10.0. The number of rotatable bonds is 5. The largest absolute Gasteiger partial charge is 0.394 e. The zero-order chi connectivity index (χ0) is 14.4. The van der Waals surface area contributed by atoms with Gasteiger partial charge in [-0.05, 0) is 18.9 Å². The van der Waals surface area contributed by atoms with Crippen LogP contribution in [0.25, 0.3) is 0 Å². The molecule has 0 saturated carbocycles. The number of hydrogen-bond donors (Lipinski definition) is 3. The average Bonchev–Trinajstić information content (AvgIpc) is 3.00. The van der Waals surface area contributed by atoms with E-state index in [-0.39, 0.29) is 24.7 Å². The Labute approximate surface area is 119 Å². The normalized spacial score (nSPS) is 21.2. The molecule has 0 aromatic heterocycles. The Hall–Kier alpha value is -1.59. The fourth-order valence-electron chi connectivity index (χ4n) is 2.39. The summed E-state index contributed by atoms with van der Waals surface area (Å²) >= 11 is 0. The minimum atomic E-state index is -0.386. The number of benzene rings is 1. The van der Waals surface area contributed by atoms with Crippen LogP contribution in [0.4, 0.5) is 4.79 Å². The summed E-state index contributed by atoms with van der Waals surface area (Å²) in [7, 11) is 0. The molecule has 1 aromatic rings. The quantitative estimate of drug-likeness (QED) is 0.763. The molecule has 3 atom stereocenters. The summed E-state index contributed by atoms with van der Waals surface area (Å²) in [5.41, 5.74) is 0.891. The van der Waals surface area contributed by atoms with Gasteiger partial charge < -0.3 is 20.5 Å². The number of aliphatic hydroxyl groups excluding tert-OH is 1. The maximum Gasteiger partial charge on any atom is 0.315 e. The Balaban J connectivity index is 1.86. The van der Waals surface area contributed by atoms with Crippen LogP contribution in [0.1, 0.15) is 24.9 Å². The molecule has 1 aromatic carbocycles. The Morgan fingerprint density at radius 2 is 2.15 bits per heavy atom. The highest BCUT2D eigenvalue weighted by Crippen LogP contribution is 2.16. The molecular formula is C15H22N2O3. The van der Waals surface area contributed by atoms with Gasteiger partial charge in [0.05, 0.1) is 19.3 Å². The number of urea groups is 1. The number of ether oxygens (including phenoxy) is 1. The zero-order valence-electron chi connectivity index (χ0n) is 11.7. The molecule has 0 radical (unpaired) electrons. The first-order valence-electron chi connectivity index (χ1n) is 7.01. The van der Waals surface area contributed by atoms with Crippen molar-refractivity contribution < 1.29 is 14.6 Å². The van der Waals surface area contributed by atoms with Crippen molar-refractivity contribution in [2.45, 2.75) is 25.4 Å². The van der Waals surface area contributed by atoms with Gasteiger partial charge in [-0.25, -0.2) is 4.79 Å². The smallest absolute Gasteiger partial charge is 0.315 e. The average molecular weight is 278 g/mol. The van der Waals surface area contributed by atoms with Gasteiger partial charge in [0.1, 0.15) is 0 Å². The van der Waals surface area contributed by atoms with E-state index in [2.05, 4.69) is 10.6 Å². The Morgan fingerprint density at radius 3 is 2.75 bits per heavy atom. The van der Waals surface area contributed by atoms with Gasteiger partial charge in [0.25, 0.3) is 0 Å². The van der Waals surface area contributed by atoms with Crippen LogP contribution in [-0.4, -0.2) is 37.0 Å². The zero-order valence-corrected chi connectivity index (χ0v) is 11.7. The monoisotopic (exact) mass is 278 g/mol. The van der Waals surface area contributed by atoms with E-state index in [9.17, 15) is 9.90 Å². The van der Waals surface area contributed by atoms with Crippen molar-refractivity contribution in [3.05, 3.63) is 35.9 Å². The molecule has 1 fully saturated rings.